The van der Waals surface area contributed by atoms with Crippen LogP contribution in [0.1, 0.15) is 38.5 Å². The van der Waals surface area contributed by atoms with Crippen LogP contribution in [0.25, 0.3) is 0 Å². The smallest absolute Gasteiger partial charge is 0.225 e. The minimum Gasteiger partial charge on any atom is -0.342 e. The normalized spacial score (nSPS) is 24.2. The summed E-state index contributed by atoms with van der Waals surface area (Å²) in [5.41, 5.74) is 0. The van der Waals surface area contributed by atoms with Gasteiger partial charge in [0.15, 0.2) is 0 Å². The van der Waals surface area contributed by atoms with Gasteiger partial charge in [0, 0.05) is 58.2 Å². The van der Waals surface area contributed by atoms with Crippen molar-refractivity contribution >= 4 is 11.8 Å². The summed E-state index contributed by atoms with van der Waals surface area (Å²) in [6.45, 7) is 8.17. The number of amides is 2. The number of carbonyl (C=O) groups is 2. The van der Waals surface area contributed by atoms with Gasteiger partial charge in [0.1, 0.15) is 0 Å². The van der Waals surface area contributed by atoms with Crippen LogP contribution in [0.3, 0.4) is 0 Å². The van der Waals surface area contributed by atoms with E-state index in [2.05, 4.69) is 15.1 Å². The Morgan fingerprint density at radius 3 is 2.17 bits per heavy atom. The quantitative estimate of drug-likeness (QED) is 0.814. The predicted molar refractivity (Wildman–Crippen MR) is 93.7 cm³/mol. The van der Waals surface area contributed by atoms with Crippen LogP contribution in [0.15, 0.2) is 0 Å². The fourth-order valence-corrected chi connectivity index (χ4v) is 4.10. The van der Waals surface area contributed by atoms with Gasteiger partial charge in [0.2, 0.25) is 11.8 Å². The van der Waals surface area contributed by atoms with E-state index in [9.17, 15) is 9.59 Å². The van der Waals surface area contributed by atoms with Gasteiger partial charge in [0.25, 0.3) is 0 Å². The molecule has 3 aliphatic rings. The Labute approximate surface area is 145 Å². The molecule has 0 aromatic carbocycles. The van der Waals surface area contributed by atoms with Crippen LogP contribution < -0.4 is 5.32 Å². The van der Waals surface area contributed by atoms with E-state index in [1.807, 2.05) is 4.90 Å². The van der Waals surface area contributed by atoms with Crippen LogP contribution in [0.2, 0.25) is 0 Å². The Morgan fingerprint density at radius 1 is 0.833 bits per heavy atom. The highest BCUT2D eigenvalue weighted by Gasteiger charge is 2.29. The first kappa shape index (κ1) is 17.7. The molecule has 0 unspecified atom stereocenters. The number of piperazine rings is 1. The first-order chi connectivity index (χ1) is 11.7. The maximum absolute atomic E-state index is 12.6. The average Bonchev–Trinajstić information content (AvgIpc) is 2.67. The topological polar surface area (TPSA) is 55.9 Å². The van der Waals surface area contributed by atoms with Crippen molar-refractivity contribution in [2.45, 2.75) is 38.5 Å². The Hall–Kier alpha value is -1.14. The van der Waals surface area contributed by atoms with Crippen molar-refractivity contribution in [1.82, 2.24) is 20.0 Å². The van der Waals surface area contributed by atoms with Crippen molar-refractivity contribution < 1.29 is 9.59 Å². The largest absolute Gasteiger partial charge is 0.342 e. The molecule has 136 valence electrons. The minimum absolute atomic E-state index is 0.211. The molecule has 24 heavy (non-hydrogen) atoms. The summed E-state index contributed by atoms with van der Waals surface area (Å²) in [7, 11) is 0. The first-order valence-corrected chi connectivity index (χ1v) is 9.73. The molecule has 2 amide bonds. The number of nitrogens with one attached hydrogen (secondary N) is 1. The second-order valence-corrected chi connectivity index (χ2v) is 7.38. The Morgan fingerprint density at radius 2 is 1.50 bits per heavy atom. The van der Waals surface area contributed by atoms with E-state index in [0.717, 1.165) is 71.7 Å². The third-order valence-corrected chi connectivity index (χ3v) is 5.72. The number of carbonyl (C=O) groups excluding carboxylic acids is 2. The zero-order valence-corrected chi connectivity index (χ0v) is 14.8. The highest BCUT2D eigenvalue weighted by molar-refractivity contribution is 5.79. The molecule has 6 nitrogen and oxygen atoms in total. The van der Waals surface area contributed by atoms with E-state index in [1.54, 1.807) is 0 Å². The summed E-state index contributed by atoms with van der Waals surface area (Å²) < 4.78 is 0. The van der Waals surface area contributed by atoms with Crippen molar-refractivity contribution in [1.29, 1.82) is 0 Å². The van der Waals surface area contributed by atoms with Crippen molar-refractivity contribution in [3.05, 3.63) is 0 Å². The molecule has 0 aliphatic carbocycles. The van der Waals surface area contributed by atoms with Gasteiger partial charge in [-0.05, 0) is 45.2 Å². The number of piperidine rings is 2. The van der Waals surface area contributed by atoms with Gasteiger partial charge < -0.3 is 20.0 Å². The lowest BCUT2D eigenvalue weighted by Crippen LogP contribution is -2.48. The zero-order chi connectivity index (χ0) is 16.8. The summed E-state index contributed by atoms with van der Waals surface area (Å²) >= 11 is 0. The fourth-order valence-electron chi connectivity index (χ4n) is 4.10. The van der Waals surface area contributed by atoms with E-state index >= 15 is 0 Å². The number of nitrogens with zero attached hydrogens (tertiary/aromatic N) is 3. The molecule has 0 radical (unpaired) electrons. The molecule has 0 spiro atoms. The lowest BCUT2D eigenvalue weighted by molar-refractivity contribution is -0.138. The molecule has 6 heteroatoms. The van der Waals surface area contributed by atoms with E-state index in [1.165, 1.54) is 19.3 Å². The minimum atomic E-state index is 0.211. The van der Waals surface area contributed by atoms with E-state index in [-0.39, 0.29) is 11.8 Å². The summed E-state index contributed by atoms with van der Waals surface area (Å²) in [6, 6.07) is 0. The molecule has 3 saturated heterocycles. The first-order valence-electron chi connectivity index (χ1n) is 9.73. The van der Waals surface area contributed by atoms with Gasteiger partial charge in [-0.25, -0.2) is 0 Å². The second-order valence-electron chi connectivity index (χ2n) is 7.38. The molecule has 3 rings (SSSR count). The van der Waals surface area contributed by atoms with Crippen LogP contribution in [-0.2, 0) is 9.59 Å². The molecule has 0 bridgehead atoms. The van der Waals surface area contributed by atoms with Crippen molar-refractivity contribution in [2.24, 2.45) is 5.92 Å². The molecule has 3 aliphatic heterocycles. The zero-order valence-electron chi connectivity index (χ0n) is 14.8. The van der Waals surface area contributed by atoms with Crippen molar-refractivity contribution in [3.8, 4) is 0 Å². The highest BCUT2D eigenvalue weighted by Crippen LogP contribution is 2.22. The SMILES string of the molecule is O=C(CCN1CCC(C(=O)N2CCCCC2)CC1)N1CCNCC1. The third-order valence-electron chi connectivity index (χ3n) is 5.72. The van der Waals surface area contributed by atoms with E-state index in [0.29, 0.717) is 12.3 Å². The molecule has 0 aromatic rings. The summed E-state index contributed by atoms with van der Waals surface area (Å²) in [6.07, 6.45) is 6.12. The van der Waals surface area contributed by atoms with Crippen molar-refractivity contribution in [2.75, 3.05) is 58.9 Å². The molecule has 0 aromatic heterocycles. The van der Waals surface area contributed by atoms with Gasteiger partial charge in [-0.3, -0.25) is 9.59 Å². The van der Waals surface area contributed by atoms with Crippen LogP contribution in [0, 0.1) is 5.92 Å². The summed E-state index contributed by atoms with van der Waals surface area (Å²) in [5, 5.41) is 3.28. The Bertz CT molecular complexity index is 423. The maximum atomic E-state index is 12.6. The number of hydrogen-bond acceptors (Lipinski definition) is 4. The van der Waals surface area contributed by atoms with Gasteiger partial charge in [-0.2, -0.15) is 0 Å². The number of likely N-dealkylation sites (tertiary alicyclic amines) is 2. The summed E-state index contributed by atoms with van der Waals surface area (Å²) in [5.74, 6) is 0.873. The lowest BCUT2D eigenvalue weighted by Gasteiger charge is -2.36. The van der Waals surface area contributed by atoms with E-state index < -0.39 is 0 Å². The maximum Gasteiger partial charge on any atom is 0.225 e. The third kappa shape index (κ3) is 4.70. The Kier molecular flexibility index (Phi) is 6.49. The molecular formula is C18H32N4O2. The molecular weight excluding hydrogens is 304 g/mol. The second kappa shape index (κ2) is 8.81. The van der Waals surface area contributed by atoms with Gasteiger partial charge in [-0.1, -0.05) is 0 Å². The average molecular weight is 336 g/mol. The van der Waals surface area contributed by atoms with E-state index in [4.69, 9.17) is 0 Å². The standard InChI is InChI=1S/C18H32N4O2/c23-17(21-14-7-19-8-15-21)6-13-20-11-4-16(5-12-20)18(24)22-9-2-1-3-10-22/h16,19H,1-15H2. The lowest BCUT2D eigenvalue weighted by atomic mass is 9.94. The van der Waals surface area contributed by atoms with Crippen LogP contribution in [0.4, 0.5) is 0 Å². The van der Waals surface area contributed by atoms with Crippen molar-refractivity contribution in [3.63, 3.8) is 0 Å². The molecule has 1 N–H and O–H groups in total. The van der Waals surface area contributed by atoms with Gasteiger partial charge >= 0.3 is 0 Å². The predicted octanol–water partition coefficient (Wildman–Crippen LogP) is 0.533. The molecule has 0 saturated carbocycles. The monoisotopic (exact) mass is 336 g/mol. The highest BCUT2D eigenvalue weighted by atomic mass is 16.2. The number of hydrogen-bond donors (Lipinski definition) is 1. The number of rotatable bonds is 4. The van der Waals surface area contributed by atoms with Crippen LogP contribution in [0.5, 0.6) is 0 Å². The molecule has 3 heterocycles. The Balaban J connectivity index is 1.35. The van der Waals surface area contributed by atoms with Gasteiger partial charge in [-0.15, -0.1) is 0 Å². The molecule has 0 atom stereocenters. The fraction of sp³-hybridized carbons (Fsp3) is 0.889. The molecule has 3 fully saturated rings. The van der Waals surface area contributed by atoms with Crippen LogP contribution in [-0.4, -0.2) is 85.4 Å². The van der Waals surface area contributed by atoms with Crippen LogP contribution >= 0.6 is 0 Å². The van der Waals surface area contributed by atoms with Gasteiger partial charge in [0.05, 0.1) is 0 Å². The summed E-state index contributed by atoms with van der Waals surface area (Å²) in [4.78, 5) is 31.2.